The zero-order valence-electron chi connectivity index (χ0n) is 14.1. The lowest BCUT2D eigenvalue weighted by atomic mass is 10.0. The Kier molecular flexibility index (Phi) is 4.83. The van der Waals surface area contributed by atoms with Crippen LogP contribution in [-0.4, -0.2) is 49.3 Å². The number of sulfonamides is 1. The molecule has 2 heterocycles. The van der Waals surface area contributed by atoms with Gasteiger partial charge in [-0.25, -0.2) is 8.42 Å². The van der Waals surface area contributed by atoms with Gasteiger partial charge < -0.3 is 10.0 Å². The Balaban J connectivity index is 1.76. The standard InChI is InChI=1S/C17H22N2O5S/c1-12-6-8-18(9-7-12)25(23,24)15-4-2-14(3-5-15)19-11-13(17(21)22)10-16(19)20/h2-5,12-13H,6-11H2,1H3,(H,21,22). The Morgan fingerprint density at radius 3 is 2.28 bits per heavy atom. The van der Waals surface area contributed by atoms with Crippen LogP contribution in [0.3, 0.4) is 0 Å². The second-order valence-corrected chi connectivity index (χ2v) is 8.76. The molecule has 25 heavy (non-hydrogen) atoms. The van der Waals surface area contributed by atoms with Crippen molar-refractivity contribution in [1.82, 2.24) is 4.31 Å². The molecule has 1 aromatic carbocycles. The van der Waals surface area contributed by atoms with E-state index in [9.17, 15) is 18.0 Å². The summed E-state index contributed by atoms with van der Waals surface area (Å²) in [5, 5.41) is 9.05. The average molecular weight is 366 g/mol. The maximum absolute atomic E-state index is 12.7. The van der Waals surface area contributed by atoms with Crippen LogP contribution in [0.5, 0.6) is 0 Å². The fourth-order valence-electron chi connectivity index (χ4n) is 3.29. The molecule has 0 aromatic heterocycles. The molecular formula is C17H22N2O5S. The van der Waals surface area contributed by atoms with Crippen molar-refractivity contribution < 1.29 is 23.1 Å². The van der Waals surface area contributed by atoms with E-state index in [1.165, 1.54) is 21.3 Å². The molecular weight excluding hydrogens is 344 g/mol. The van der Waals surface area contributed by atoms with Crippen molar-refractivity contribution >= 4 is 27.6 Å². The molecule has 136 valence electrons. The molecule has 1 amide bonds. The van der Waals surface area contributed by atoms with E-state index in [4.69, 9.17) is 5.11 Å². The van der Waals surface area contributed by atoms with Gasteiger partial charge >= 0.3 is 5.97 Å². The lowest BCUT2D eigenvalue weighted by molar-refractivity contribution is -0.141. The first-order chi connectivity index (χ1) is 11.8. The minimum absolute atomic E-state index is 0.0264. The molecule has 2 saturated heterocycles. The summed E-state index contributed by atoms with van der Waals surface area (Å²) in [5.74, 6) is -1.43. The number of carbonyl (C=O) groups excluding carboxylic acids is 1. The maximum atomic E-state index is 12.7. The van der Waals surface area contributed by atoms with Gasteiger partial charge in [0.25, 0.3) is 0 Å². The summed E-state index contributed by atoms with van der Waals surface area (Å²) in [6.07, 6.45) is 1.69. The third-order valence-electron chi connectivity index (χ3n) is 5.00. The van der Waals surface area contributed by atoms with Crippen LogP contribution in [0.4, 0.5) is 5.69 Å². The van der Waals surface area contributed by atoms with E-state index >= 15 is 0 Å². The zero-order chi connectivity index (χ0) is 18.2. The number of rotatable bonds is 4. The molecule has 0 bridgehead atoms. The predicted molar refractivity (Wildman–Crippen MR) is 91.7 cm³/mol. The highest BCUT2D eigenvalue weighted by molar-refractivity contribution is 7.89. The van der Waals surface area contributed by atoms with Gasteiger partial charge in [0.15, 0.2) is 0 Å². The summed E-state index contributed by atoms with van der Waals surface area (Å²) in [4.78, 5) is 24.6. The molecule has 0 radical (unpaired) electrons. The van der Waals surface area contributed by atoms with Crippen molar-refractivity contribution in [1.29, 1.82) is 0 Å². The largest absolute Gasteiger partial charge is 0.481 e. The number of amides is 1. The second kappa shape index (κ2) is 6.76. The number of anilines is 1. The Morgan fingerprint density at radius 1 is 1.16 bits per heavy atom. The summed E-state index contributed by atoms with van der Waals surface area (Å²) < 4.78 is 26.9. The quantitative estimate of drug-likeness (QED) is 0.872. The van der Waals surface area contributed by atoms with Crippen LogP contribution < -0.4 is 4.90 Å². The molecule has 1 N–H and O–H groups in total. The van der Waals surface area contributed by atoms with Crippen LogP contribution in [0.25, 0.3) is 0 Å². The van der Waals surface area contributed by atoms with Crippen LogP contribution in [0.2, 0.25) is 0 Å². The number of aliphatic carboxylic acids is 1. The van der Waals surface area contributed by atoms with Crippen LogP contribution in [-0.2, 0) is 19.6 Å². The monoisotopic (exact) mass is 366 g/mol. The summed E-state index contributed by atoms with van der Waals surface area (Å²) in [5.41, 5.74) is 0.528. The lowest BCUT2D eigenvalue weighted by Gasteiger charge is -2.29. The molecule has 8 heteroatoms. The van der Waals surface area contributed by atoms with E-state index < -0.39 is 21.9 Å². The molecule has 0 saturated carbocycles. The summed E-state index contributed by atoms with van der Waals surface area (Å²) in [6, 6.07) is 6.12. The fourth-order valence-corrected chi connectivity index (χ4v) is 4.76. The number of carboxylic acids is 1. The number of piperidine rings is 1. The van der Waals surface area contributed by atoms with Gasteiger partial charge in [0.2, 0.25) is 15.9 Å². The first-order valence-corrected chi connectivity index (χ1v) is 9.86. The summed E-state index contributed by atoms with van der Waals surface area (Å²) in [6.45, 7) is 3.28. The van der Waals surface area contributed by atoms with Crippen LogP contribution >= 0.6 is 0 Å². The highest BCUT2D eigenvalue weighted by atomic mass is 32.2. The molecule has 2 aliphatic rings. The van der Waals surface area contributed by atoms with Crippen LogP contribution in [0.1, 0.15) is 26.2 Å². The van der Waals surface area contributed by atoms with Gasteiger partial charge in [0.1, 0.15) is 0 Å². The molecule has 0 aliphatic carbocycles. The minimum atomic E-state index is -3.53. The highest BCUT2D eigenvalue weighted by Gasteiger charge is 2.35. The van der Waals surface area contributed by atoms with Gasteiger partial charge in [-0.15, -0.1) is 0 Å². The van der Waals surface area contributed by atoms with Gasteiger partial charge in [0.05, 0.1) is 10.8 Å². The Hall–Kier alpha value is -1.93. The SMILES string of the molecule is CC1CCN(S(=O)(=O)c2ccc(N3CC(C(=O)O)CC3=O)cc2)CC1. The number of hydrogen-bond acceptors (Lipinski definition) is 4. The topological polar surface area (TPSA) is 95.0 Å². The Bertz CT molecular complexity index is 767. The van der Waals surface area contributed by atoms with E-state index in [1.807, 2.05) is 0 Å². The van der Waals surface area contributed by atoms with Crippen LogP contribution in [0.15, 0.2) is 29.2 Å². The van der Waals surface area contributed by atoms with E-state index in [1.54, 1.807) is 12.1 Å². The van der Waals surface area contributed by atoms with E-state index in [-0.39, 0.29) is 23.8 Å². The van der Waals surface area contributed by atoms with E-state index in [2.05, 4.69) is 6.92 Å². The van der Waals surface area contributed by atoms with Gasteiger partial charge in [-0.05, 0) is 43.0 Å². The minimum Gasteiger partial charge on any atom is -0.481 e. The highest BCUT2D eigenvalue weighted by Crippen LogP contribution is 2.28. The summed E-state index contributed by atoms with van der Waals surface area (Å²) >= 11 is 0. The predicted octanol–water partition coefficient (Wildman–Crippen LogP) is 1.54. The van der Waals surface area contributed by atoms with Crippen molar-refractivity contribution in [3.8, 4) is 0 Å². The first-order valence-electron chi connectivity index (χ1n) is 8.42. The van der Waals surface area contributed by atoms with Gasteiger partial charge in [0, 0.05) is 31.7 Å². The number of hydrogen-bond donors (Lipinski definition) is 1. The van der Waals surface area contributed by atoms with Crippen molar-refractivity contribution in [3.63, 3.8) is 0 Å². The second-order valence-electron chi connectivity index (χ2n) is 6.82. The van der Waals surface area contributed by atoms with Gasteiger partial charge in [-0.2, -0.15) is 4.31 Å². The van der Waals surface area contributed by atoms with Crippen molar-refractivity contribution in [2.45, 2.75) is 31.1 Å². The number of benzene rings is 1. The Labute approximate surface area is 147 Å². The van der Waals surface area contributed by atoms with Crippen LogP contribution in [0, 0.1) is 11.8 Å². The number of carboxylic acid groups (broad SMARTS) is 1. The van der Waals surface area contributed by atoms with E-state index in [0.29, 0.717) is 24.7 Å². The maximum Gasteiger partial charge on any atom is 0.308 e. The normalized spacial score (nSPS) is 23.2. The zero-order valence-corrected chi connectivity index (χ0v) is 14.9. The Morgan fingerprint density at radius 2 is 1.76 bits per heavy atom. The molecule has 1 unspecified atom stereocenters. The van der Waals surface area contributed by atoms with Crippen molar-refractivity contribution in [2.75, 3.05) is 24.5 Å². The van der Waals surface area contributed by atoms with E-state index in [0.717, 1.165) is 12.8 Å². The molecule has 1 aromatic rings. The molecule has 2 aliphatic heterocycles. The third-order valence-corrected chi connectivity index (χ3v) is 6.92. The number of nitrogens with zero attached hydrogens (tertiary/aromatic N) is 2. The van der Waals surface area contributed by atoms with Crippen molar-refractivity contribution in [3.05, 3.63) is 24.3 Å². The molecule has 0 spiro atoms. The third kappa shape index (κ3) is 3.55. The first kappa shape index (κ1) is 17.9. The van der Waals surface area contributed by atoms with Gasteiger partial charge in [-0.1, -0.05) is 6.92 Å². The molecule has 1 atom stereocenters. The smallest absolute Gasteiger partial charge is 0.308 e. The van der Waals surface area contributed by atoms with Crippen molar-refractivity contribution in [2.24, 2.45) is 11.8 Å². The molecule has 3 rings (SSSR count). The lowest BCUT2D eigenvalue weighted by Crippen LogP contribution is -2.37. The average Bonchev–Trinajstić information content (AvgIpc) is 2.97. The van der Waals surface area contributed by atoms with Gasteiger partial charge in [-0.3, -0.25) is 9.59 Å². The summed E-state index contributed by atoms with van der Waals surface area (Å²) in [7, 11) is -3.53. The molecule has 2 fully saturated rings. The number of carbonyl (C=O) groups is 2. The fraction of sp³-hybridized carbons (Fsp3) is 0.529. The molecule has 7 nitrogen and oxygen atoms in total.